The van der Waals surface area contributed by atoms with Crippen LogP contribution in [0.3, 0.4) is 0 Å². The van der Waals surface area contributed by atoms with Crippen molar-refractivity contribution in [2.45, 2.75) is 24.3 Å². The molecule has 3 rings (SSSR count). The molecule has 1 aromatic heterocycles. The van der Waals surface area contributed by atoms with E-state index in [-0.39, 0.29) is 6.54 Å². The Kier molecular flexibility index (Phi) is 3.69. The minimum Gasteiger partial charge on any atom is -0.385 e. The second kappa shape index (κ2) is 5.50. The van der Waals surface area contributed by atoms with Gasteiger partial charge in [-0.3, -0.25) is 4.68 Å². The van der Waals surface area contributed by atoms with Crippen molar-refractivity contribution in [3.63, 3.8) is 0 Å². The molecule has 0 saturated heterocycles. The van der Waals surface area contributed by atoms with Crippen LogP contribution in [0.1, 0.15) is 17.7 Å². The maximum atomic E-state index is 12.5. The fraction of sp³-hybridized carbons (Fsp3) is 0.357. The maximum Gasteiger partial charge on any atom is 0.241 e. The molecule has 0 radical (unpaired) electrons. The normalized spacial score (nSPS) is 14.5. The second-order valence-electron chi connectivity index (χ2n) is 5.08. The maximum absolute atomic E-state index is 12.5. The van der Waals surface area contributed by atoms with Crippen LogP contribution in [-0.2, 0) is 30.0 Å². The number of rotatable bonds is 4. The van der Waals surface area contributed by atoms with Crippen LogP contribution in [0.4, 0.5) is 5.69 Å². The molecular formula is C14H18N4O2S. The fourth-order valence-corrected chi connectivity index (χ4v) is 3.84. The van der Waals surface area contributed by atoms with E-state index in [1.807, 2.05) is 6.07 Å². The van der Waals surface area contributed by atoms with Crippen molar-refractivity contribution >= 4 is 15.7 Å². The average molecular weight is 306 g/mol. The van der Waals surface area contributed by atoms with Gasteiger partial charge in [0.15, 0.2) is 0 Å². The summed E-state index contributed by atoms with van der Waals surface area (Å²) >= 11 is 0. The third kappa shape index (κ3) is 2.79. The van der Waals surface area contributed by atoms with E-state index in [1.165, 1.54) is 0 Å². The van der Waals surface area contributed by atoms with Crippen molar-refractivity contribution in [3.8, 4) is 0 Å². The first-order chi connectivity index (χ1) is 10.1. The topological polar surface area (TPSA) is 76.0 Å². The predicted octanol–water partition coefficient (Wildman–Crippen LogP) is 1.26. The van der Waals surface area contributed by atoms with E-state index in [9.17, 15) is 8.42 Å². The number of benzene rings is 1. The van der Waals surface area contributed by atoms with Gasteiger partial charge in [-0.1, -0.05) is 6.07 Å². The first-order valence-electron chi connectivity index (χ1n) is 6.90. The van der Waals surface area contributed by atoms with E-state index in [2.05, 4.69) is 15.1 Å². The summed E-state index contributed by atoms with van der Waals surface area (Å²) in [5.74, 6) is 0. The van der Waals surface area contributed by atoms with Crippen LogP contribution in [0.5, 0.6) is 0 Å². The highest BCUT2D eigenvalue weighted by atomic mass is 32.2. The zero-order valence-electron chi connectivity index (χ0n) is 11.8. The summed E-state index contributed by atoms with van der Waals surface area (Å²) in [4.78, 5) is 0.370. The Morgan fingerprint density at radius 2 is 2.24 bits per heavy atom. The van der Waals surface area contributed by atoms with E-state index in [4.69, 9.17) is 0 Å². The molecule has 0 atom stereocenters. The summed E-state index contributed by atoms with van der Waals surface area (Å²) in [6, 6.07) is 7.16. The number of hydrogen-bond donors (Lipinski definition) is 2. The van der Waals surface area contributed by atoms with Gasteiger partial charge in [0.25, 0.3) is 0 Å². The van der Waals surface area contributed by atoms with Crippen molar-refractivity contribution in [1.82, 2.24) is 14.5 Å². The van der Waals surface area contributed by atoms with Gasteiger partial charge >= 0.3 is 0 Å². The molecule has 112 valence electrons. The first-order valence-corrected chi connectivity index (χ1v) is 8.38. The monoisotopic (exact) mass is 306 g/mol. The molecule has 2 heterocycles. The van der Waals surface area contributed by atoms with Gasteiger partial charge < -0.3 is 5.32 Å². The van der Waals surface area contributed by atoms with Crippen LogP contribution in [0.15, 0.2) is 35.4 Å². The summed E-state index contributed by atoms with van der Waals surface area (Å²) < 4.78 is 29.4. The van der Waals surface area contributed by atoms with Crippen LogP contribution < -0.4 is 10.0 Å². The Bertz CT molecular complexity index is 752. The molecule has 0 amide bonds. The standard InChI is InChI=1S/C14H18N4O2S/c1-18-11(7-9-16-18)10-17-21(19,20)14-6-2-5-13-12(14)4-3-8-15-13/h2,5-7,9,15,17H,3-4,8,10H2,1H3. The Balaban J connectivity index is 1.87. The highest BCUT2D eigenvalue weighted by Crippen LogP contribution is 2.28. The highest BCUT2D eigenvalue weighted by Gasteiger charge is 2.22. The number of nitrogens with zero attached hydrogens (tertiary/aromatic N) is 2. The van der Waals surface area contributed by atoms with Crippen LogP contribution >= 0.6 is 0 Å². The molecule has 1 aliphatic rings. The second-order valence-corrected chi connectivity index (χ2v) is 6.82. The lowest BCUT2D eigenvalue weighted by molar-refractivity contribution is 0.575. The number of sulfonamides is 1. The van der Waals surface area contributed by atoms with Crippen molar-refractivity contribution in [3.05, 3.63) is 41.7 Å². The molecule has 21 heavy (non-hydrogen) atoms. The van der Waals surface area contributed by atoms with E-state index in [0.717, 1.165) is 36.3 Å². The van der Waals surface area contributed by atoms with Gasteiger partial charge in [0.1, 0.15) is 0 Å². The molecule has 0 aliphatic carbocycles. The van der Waals surface area contributed by atoms with Crippen LogP contribution in [-0.4, -0.2) is 24.7 Å². The molecule has 0 saturated carbocycles. The summed E-state index contributed by atoms with van der Waals surface area (Å²) in [6.07, 6.45) is 3.38. The molecule has 1 aromatic carbocycles. The van der Waals surface area contributed by atoms with Crippen LogP contribution in [0, 0.1) is 0 Å². The van der Waals surface area contributed by atoms with Gasteiger partial charge in [-0.25, -0.2) is 13.1 Å². The number of aryl methyl sites for hydroxylation is 1. The van der Waals surface area contributed by atoms with Gasteiger partial charge in [-0.15, -0.1) is 0 Å². The smallest absolute Gasteiger partial charge is 0.241 e. The minimum atomic E-state index is -3.53. The Morgan fingerprint density at radius 3 is 3.00 bits per heavy atom. The lowest BCUT2D eigenvalue weighted by Gasteiger charge is -2.21. The zero-order valence-corrected chi connectivity index (χ0v) is 12.7. The van der Waals surface area contributed by atoms with Gasteiger partial charge in [0, 0.05) is 25.5 Å². The molecule has 2 aromatic rings. The number of aromatic nitrogens is 2. The Hall–Kier alpha value is -1.86. The molecule has 0 spiro atoms. The van der Waals surface area contributed by atoms with Gasteiger partial charge in [-0.2, -0.15) is 5.10 Å². The molecule has 1 aliphatic heterocycles. The van der Waals surface area contributed by atoms with E-state index < -0.39 is 10.0 Å². The summed E-state index contributed by atoms with van der Waals surface area (Å²) in [6.45, 7) is 1.12. The van der Waals surface area contributed by atoms with Gasteiger partial charge in [0.05, 0.1) is 17.1 Å². The molecule has 0 unspecified atom stereocenters. The highest BCUT2D eigenvalue weighted by molar-refractivity contribution is 7.89. The average Bonchev–Trinajstić information content (AvgIpc) is 2.90. The fourth-order valence-electron chi connectivity index (χ4n) is 2.55. The van der Waals surface area contributed by atoms with Crippen molar-refractivity contribution < 1.29 is 8.42 Å². The zero-order chi connectivity index (χ0) is 14.9. The summed E-state index contributed by atoms with van der Waals surface area (Å²) in [5.41, 5.74) is 2.62. The Morgan fingerprint density at radius 1 is 1.38 bits per heavy atom. The van der Waals surface area contributed by atoms with Gasteiger partial charge in [-0.05, 0) is 36.6 Å². The third-order valence-electron chi connectivity index (χ3n) is 3.71. The SMILES string of the molecule is Cn1nccc1CNS(=O)(=O)c1cccc2c1CCCN2. The van der Waals surface area contributed by atoms with E-state index in [0.29, 0.717) is 4.90 Å². The molecule has 0 bridgehead atoms. The van der Waals surface area contributed by atoms with Crippen molar-refractivity contribution in [2.24, 2.45) is 7.05 Å². The molecule has 0 fully saturated rings. The largest absolute Gasteiger partial charge is 0.385 e. The number of fused-ring (bicyclic) bond motifs is 1. The third-order valence-corrected chi connectivity index (χ3v) is 5.19. The van der Waals surface area contributed by atoms with E-state index in [1.54, 1.807) is 36.1 Å². The first kappa shape index (κ1) is 14.1. The molecule has 6 nitrogen and oxygen atoms in total. The predicted molar refractivity (Wildman–Crippen MR) is 80.5 cm³/mol. The molecule has 7 heteroatoms. The van der Waals surface area contributed by atoms with Crippen molar-refractivity contribution in [2.75, 3.05) is 11.9 Å². The van der Waals surface area contributed by atoms with Crippen LogP contribution in [0.2, 0.25) is 0 Å². The number of hydrogen-bond acceptors (Lipinski definition) is 4. The number of nitrogens with one attached hydrogen (secondary N) is 2. The number of anilines is 1. The summed E-state index contributed by atoms with van der Waals surface area (Å²) in [5, 5.41) is 7.28. The quantitative estimate of drug-likeness (QED) is 0.891. The van der Waals surface area contributed by atoms with Crippen molar-refractivity contribution in [1.29, 1.82) is 0 Å². The Labute approximate surface area is 124 Å². The summed E-state index contributed by atoms with van der Waals surface area (Å²) in [7, 11) is -1.74. The molecular weight excluding hydrogens is 288 g/mol. The molecule has 2 N–H and O–H groups in total. The lowest BCUT2D eigenvalue weighted by Crippen LogP contribution is -2.26. The van der Waals surface area contributed by atoms with Gasteiger partial charge in [0.2, 0.25) is 10.0 Å². The van der Waals surface area contributed by atoms with Crippen LogP contribution in [0.25, 0.3) is 0 Å². The lowest BCUT2D eigenvalue weighted by atomic mass is 10.0. The minimum absolute atomic E-state index is 0.232. The van der Waals surface area contributed by atoms with E-state index >= 15 is 0 Å².